The normalized spacial score (nSPS) is 19.1. The molecule has 1 unspecified atom stereocenters. The van der Waals surface area contributed by atoms with Crippen molar-refractivity contribution in [3.05, 3.63) is 12.2 Å². The second kappa shape index (κ2) is 8.72. The molecule has 1 N–H and O–H groups in total. The van der Waals surface area contributed by atoms with Crippen LogP contribution >= 0.6 is 0 Å². The van der Waals surface area contributed by atoms with Crippen molar-refractivity contribution in [3.8, 4) is 0 Å². The summed E-state index contributed by atoms with van der Waals surface area (Å²) in [5.41, 5.74) is 0. The Morgan fingerprint density at radius 1 is 1.50 bits per heavy atom. The van der Waals surface area contributed by atoms with Gasteiger partial charge in [-0.05, 0) is 20.8 Å². The molecule has 0 radical (unpaired) electrons. The van der Waals surface area contributed by atoms with Crippen LogP contribution in [0.1, 0.15) is 41.0 Å². The van der Waals surface area contributed by atoms with Crippen LogP contribution in [0.25, 0.3) is 0 Å². The standard InChI is InChI=1S/C12H20N2O2.C2H6/c1-4-5-6-13-12(16)10-7-11(15)14(8-10)9(2)3;1-2/h4-5,9-10H,6-8H2,1-3H3,(H,13,16);1-2H3/b5-4+;. The topological polar surface area (TPSA) is 49.4 Å². The summed E-state index contributed by atoms with van der Waals surface area (Å²) in [5, 5.41) is 2.80. The van der Waals surface area contributed by atoms with Crippen LogP contribution in [0.15, 0.2) is 12.2 Å². The summed E-state index contributed by atoms with van der Waals surface area (Å²) in [6.45, 7) is 10.9. The Morgan fingerprint density at radius 2 is 2.11 bits per heavy atom. The Kier molecular flexibility index (Phi) is 8.08. The number of likely N-dealkylation sites (tertiary alicyclic amines) is 1. The van der Waals surface area contributed by atoms with Gasteiger partial charge in [-0.3, -0.25) is 9.59 Å². The average molecular weight is 254 g/mol. The van der Waals surface area contributed by atoms with Gasteiger partial charge in [0.1, 0.15) is 0 Å². The molecular formula is C14H26N2O2. The van der Waals surface area contributed by atoms with E-state index in [4.69, 9.17) is 0 Å². The Hall–Kier alpha value is -1.32. The summed E-state index contributed by atoms with van der Waals surface area (Å²) in [5.74, 6) is -0.115. The molecule has 18 heavy (non-hydrogen) atoms. The molecule has 1 saturated heterocycles. The molecule has 2 amide bonds. The van der Waals surface area contributed by atoms with Gasteiger partial charge in [0.15, 0.2) is 0 Å². The fourth-order valence-electron chi connectivity index (χ4n) is 1.83. The molecule has 1 heterocycles. The van der Waals surface area contributed by atoms with Gasteiger partial charge in [0, 0.05) is 25.6 Å². The van der Waals surface area contributed by atoms with E-state index in [-0.39, 0.29) is 23.8 Å². The van der Waals surface area contributed by atoms with Crippen LogP contribution in [0.3, 0.4) is 0 Å². The highest BCUT2D eigenvalue weighted by Crippen LogP contribution is 2.19. The molecule has 0 aliphatic carbocycles. The number of nitrogens with one attached hydrogen (secondary N) is 1. The molecule has 104 valence electrons. The third-order valence-corrected chi connectivity index (χ3v) is 2.78. The number of hydrogen-bond donors (Lipinski definition) is 1. The molecule has 1 atom stereocenters. The maximum atomic E-state index is 11.7. The first-order valence-electron chi connectivity index (χ1n) is 6.74. The molecule has 0 aromatic heterocycles. The molecule has 1 rings (SSSR count). The Morgan fingerprint density at radius 3 is 2.56 bits per heavy atom. The van der Waals surface area contributed by atoms with Crippen molar-refractivity contribution in [2.45, 2.75) is 47.1 Å². The summed E-state index contributed by atoms with van der Waals surface area (Å²) in [4.78, 5) is 25.1. The van der Waals surface area contributed by atoms with Gasteiger partial charge in [-0.2, -0.15) is 0 Å². The van der Waals surface area contributed by atoms with E-state index in [9.17, 15) is 9.59 Å². The van der Waals surface area contributed by atoms with E-state index in [0.29, 0.717) is 19.5 Å². The van der Waals surface area contributed by atoms with Crippen molar-refractivity contribution in [2.75, 3.05) is 13.1 Å². The van der Waals surface area contributed by atoms with Crippen LogP contribution in [0.4, 0.5) is 0 Å². The van der Waals surface area contributed by atoms with Crippen molar-refractivity contribution in [1.29, 1.82) is 0 Å². The highest BCUT2D eigenvalue weighted by atomic mass is 16.2. The molecule has 1 fully saturated rings. The fourth-order valence-corrected chi connectivity index (χ4v) is 1.83. The van der Waals surface area contributed by atoms with E-state index in [1.807, 2.05) is 46.8 Å². The molecule has 0 aromatic carbocycles. The highest BCUT2D eigenvalue weighted by Gasteiger charge is 2.35. The fraction of sp³-hybridized carbons (Fsp3) is 0.714. The van der Waals surface area contributed by atoms with E-state index >= 15 is 0 Å². The predicted octanol–water partition coefficient (Wildman–Crippen LogP) is 1.96. The summed E-state index contributed by atoms with van der Waals surface area (Å²) in [6, 6.07) is 0.181. The van der Waals surface area contributed by atoms with E-state index in [0.717, 1.165) is 0 Å². The zero-order valence-corrected chi connectivity index (χ0v) is 12.2. The number of nitrogens with zero attached hydrogens (tertiary/aromatic N) is 1. The molecular weight excluding hydrogens is 228 g/mol. The second-order valence-corrected chi connectivity index (χ2v) is 4.36. The number of carbonyl (C=O) groups is 2. The predicted molar refractivity (Wildman–Crippen MR) is 74.1 cm³/mol. The minimum absolute atomic E-state index is 0.0189. The maximum absolute atomic E-state index is 11.7. The van der Waals surface area contributed by atoms with Gasteiger partial charge in [-0.15, -0.1) is 0 Å². The summed E-state index contributed by atoms with van der Waals surface area (Å²) < 4.78 is 0. The number of hydrogen-bond acceptors (Lipinski definition) is 2. The largest absolute Gasteiger partial charge is 0.352 e. The number of rotatable bonds is 4. The molecule has 0 aromatic rings. The number of allylic oxidation sites excluding steroid dienone is 1. The summed E-state index contributed by atoms with van der Waals surface area (Å²) in [7, 11) is 0. The lowest BCUT2D eigenvalue weighted by Crippen LogP contribution is -2.35. The van der Waals surface area contributed by atoms with Gasteiger partial charge in [0.05, 0.1) is 5.92 Å². The highest BCUT2D eigenvalue weighted by molar-refractivity contribution is 5.89. The van der Waals surface area contributed by atoms with Crippen LogP contribution in [0.5, 0.6) is 0 Å². The SMILES string of the molecule is C/C=C/CNC(=O)C1CC(=O)N(C(C)C)C1.CC. The minimum atomic E-state index is -0.180. The molecule has 1 aliphatic rings. The molecule has 4 nitrogen and oxygen atoms in total. The first-order valence-corrected chi connectivity index (χ1v) is 6.74. The first-order chi connectivity index (χ1) is 8.56. The number of carbonyl (C=O) groups excluding carboxylic acids is 2. The third kappa shape index (κ3) is 4.90. The van der Waals surface area contributed by atoms with E-state index < -0.39 is 0 Å². The molecule has 4 heteroatoms. The van der Waals surface area contributed by atoms with Crippen LogP contribution in [0, 0.1) is 5.92 Å². The lowest BCUT2D eigenvalue weighted by Gasteiger charge is -2.20. The Labute approximate surface area is 110 Å². The van der Waals surface area contributed by atoms with Crippen LogP contribution in [-0.4, -0.2) is 35.8 Å². The molecule has 0 saturated carbocycles. The monoisotopic (exact) mass is 254 g/mol. The quantitative estimate of drug-likeness (QED) is 0.780. The van der Waals surface area contributed by atoms with Crippen molar-refractivity contribution >= 4 is 11.8 Å². The maximum Gasteiger partial charge on any atom is 0.225 e. The zero-order valence-electron chi connectivity index (χ0n) is 12.2. The lowest BCUT2D eigenvalue weighted by molar-refractivity contribution is -0.129. The number of amides is 2. The van der Waals surface area contributed by atoms with E-state index in [1.54, 1.807) is 4.90 Å². The zero-order chi connectivity index (χ0) is 14.1. The van der Waals surface area contributed by atoms with Crippen LogP contribution < -0.4 is 5.32 Å². The molecule has 0 bridgehead atoms. The smallest absolute Gasteiger partial charge is 0.225 e. The van der Waals surface area contributed by atoms with Crippen LogP contribution in [0.2, 0.25) is 0 Å². The van der Waals surface area contributed by atoms with Crippen molar-refractivity contribution < 1.29 is 9.59 Å². The minimum Gasteiger partial charge on any atom is -0.352 e. The van der Waals surface area contributed by atoms with E-state index in [1.165, 1.54) is 0 Å². The second-order valence-electron chi connectivity index (χ2n) is 4.36. The van der Waals surface area contributed by atoms with Gasteiger partial charge in [-0.25, -0.2) is 0 Å². The first kappa shape index (κ1) is 16.7. The summed E-state index contributed by atoms with van der Waals surface area (Å²) in [6.07, 6.45) is 4.12. The van der Waals surface area contributed by atoms with Crippen molar-refractivity contribution in [1.82, 2.24) is 10.2 Å². The van der Waals surface area contributed by atoms with Crippen LogP contribution in [-0.2, 0) is 9.59 Å². The average Bonchev–Trinajstić information content (AvgIpc) is 2.74. The third-order valence-electron chi connectivity index (χ3n) is 2.78. The van der Waals surface area contributed by atoms with Crippen molar-refractivity contribution in [2.24, 2.45) is 5.92 Å². The summed E-state index contributed by atoms with van der Waals surface area (Å²) >= 11 is 0. The molecule has 0 spiro atoms. The lowest BCUT2D eigenvalue weighted by atomic mass is 10.1. The Balaban J connectivity index is 0.00000137. The van der Waals surface area contributed by atoms with Gasteiger partial charge >= 0.3 is 0 Å². The van der Waals surface area contributed by atoms with Gasteiger partial charge in [-0.1, -0.05) is 26.0 Å². The van der Waals surface area contributed by atoms with Gasteiger partial charge in [0.2, 0.25) is 11.8 Å². The molecule has 1 aliphatic heterocycles. The van der Waals surface area contributed by atoms with Crippen molar-refractivity contribution in [3.63, 3.8) is 0 Å². The van der Waals surface area contributed by atoms with E-state index in [2.05, 4.69) is 5.32 Å². The Bertz CT molecular complexity index is 298. The van der Waals surface area contributed by atoms with Gasteiger partial charge < -0.3 is 10.2 Å². The van der Waals surface area contributed by atoms with Gasteiger partial charge in [0.25, 0.3) is 0 Å².